The first kappa shape index (κ1) is 14.8. The van der Waals surface area contributed by atoms with Crippen LogP contribution < -0.4 is 10.6 Å². The molecule has 0 bridgehead atoms. The SMILES string of the molecule is CCOC(=O)c1cnc2[nH]ccc2c1N[C@H]1CNCC[C@H]1C. The van der Waals surface area contributed by atoms with Crippen LogP contribution in [0.1, 0.15) is 30.6 Å². The van der Waals surface area contributed by atoms with Gasteiger partial charge in [0.25, 0.3) is 0 Å². The van der Waals surface area contributed by atoms with E-state index in [0.717, 1.165) is 36.2 Å². The van der Waals surface area contributed by atoms with Gasteiger partial charge in [-0.2, -0.15) is 0 Å². The first-order valence-electron chi connectivity index (χ1n) is 7.81. The van der Waals surface area contributed by atoms with Crippen LogP contribution in [-0.4, -0.2) is 41.7 Å². The molecule has 118 valence electrons. The van der Waals surface area contributed by atoms with Crippen LogP contribution in [0.15, 0.2) is 18.5 Å². The lowest BCUT2D eigenvalue weighted by atomic mass is 9.94. The molecule has 0 amide bonds. The van der Waals surface area contributed by atoms with E-state index in [2.05, 4.69) is 27.5 Å². The van der Waals surface area contributed by atoms with E-state index in [1.807, 2.05) is 12.3 Å². The minimum atomic E-state index is -0.336. The number of esters is 1. The highest BCUT2D eigenvalue weighted by Crippen LogP contribution is 2.28. The fourth-order valence-electron chi connectivity index (χ4n) is 2.90. The van der Waals surface area contributed by atoms with E-state index < -0.39 is 0 Å². The standard InChI is InChI=1S/C16H22N4O2/c1-3-22-16(21)12-8-19-15-11(5-7-18-15)14(12)20-13-9-17-6-4-10(13)2/h5,7-8,10,13,17H,3-4,6,9H2,1-2H3,(H2,18,19,20)/t10-,13+/m1/s1. The van der Waals surface area contributed by atoms with Gasteiger partial charge in [-0.1, -0.05) is 6.92 Å². The van der Waals surface area contributed by atoms with Crippen LogP contribution in [0.2, 0.25) is 0 Å². The third-order valence-electron chi connectivity index (χ3n) is 4.24. The second-order valence-corrected chi connectivity index (χ2v) is 5.73. The van der Waals surface area contributed by atoms with Gasteiger partial charge in [0.05, 0.1) is 12.3 Å². The monoisotopic (exact) mass is 302 g/mol. The lowest BCUT2D eigenvalue weighted by molar-refractivity contribution is 0.0527. The molecule has 1 saturated heterocycles. The van der Waals surface area contributed by atoms with Gasteiger partial charge in [0.15, 0.2) is 0 Å². The number of fused-ring (bicyclic) bond motifs is 1. The van der Waals surface area contributed by atoms with Crippen molar-refractivity contribution in [3.05, 3.63) is 24.0 Å². The zero-order chi connectivity index (χ0) is 15.5. The number of aromatic nitrogens is 2. The lowest BCUT2D eigenvalue weighted by Gasteiger charge is -2.31. The van der Waals surface area contributed by atoms with Crippen molar-refractivity contribution in [1.82, 2.24) is 15.3 Å². The van der Waals surface area contributed by atoms with Crippen LogP contribution in [-0.2, 0) is 4.74 Å². The fourth-order valence-corrected chi connectivity index (χ4v) is 2.90. The largest absolute Gasteiger partial charge is 0.462 e. The van der Waals surface area contributed by atoms with Crippen molar-refractivity contribution < 1.29 is 9.53 Å². The molecule has 6 nitrogen and oxygen atoms in total. The Morgan fingerprint density at radius 2 is 2.41 bits per heavy atom. The van der Waals surface area contributed by atoms with E-state index in [1.165, 1.54) is 0 Å². The number of carbonyl (C=O) groups excluding carboxylic acids is 1. The number of pyridine rings is 1. The normalized spacial score (nSPS) is 21.7. The number of aromatic amines is 1. The number of ether oxygens (including phenoxy) is 1. The van der Waals surface area contributed by atoms with Gasteiger partial charge >= 0.3 is 5.97 Å². The van der Waals surface area contributed by atoms with Crippen molar-refractivity contribution in [2.75, 3.05) is 25.0 Å². The third-order valence-corrected chi connectivity index (χ3v) is 4.24. The molecule has 0 aliphatic carbocycles. The predicted molar refractivity (Wildman–Crippen MR) is 86.1 cm³/mol. The molecule has 2 aromatic rings. The van der Waals surface area contributed by atoms with Crippen LogP contribution in [0.3, 0.4) is 0 Å². The average Bonchev–Trinajstić information content (AvgIpc) is 2.99. The molecule has 1 aliphatic rings. The molecule has 0 aromatic carbocycles. The maximum atomic E-state index is 12.2. The van der Waals surface area contributed by atoms with Crippen molar-refractivity contribution in [3.8, 4) is 0 Å². The maximum Gasteiger partial charge on any atom is 0.341 e. The molecule has 2 atom stereocenters. The summed E-state index contributed by atoms with van der Waals surface area (Å²) in [5.74, 6) is 0.204. The maximum absolute atomic E-state index is 12.2. The zero-order valence-corrected chi connectivity index (χ0v) is 13.0. The van der Waals surface area contributed by atoms with Gasteiger partial charge in [-0.25, -0.2) is 9.78 Å². The summed E-state index contributed by atoms with van der Waals surface area (Å²) in [5.41, 5.74) is 2.07. The van der Waals surface area contributed by atoms with E-state index in [9.17, 15) is 4.79 Å². The Bertz CT molecular complexity index is 667. The average molecular weight is 302 g/mol. The molecule has 3 rings (SSSR count). The molecular formula is C16H22N4O2. The molecule has 0 radical (unpaired) electrons. The van der Waals surface area contributed by atoms with Crippen molar-refractivity contribution in [3.63, 3.8) is 0 Å². The Balaban J connectivity index is 1.98. The van der Waals surface area contributed by atoms with E-state index in [1.54, 1.807) is 13.1 Å². The molecule has 2 aromatic heterocycles. The first-order chi connectivity index (χ1) is 10.7. The summed E-state index contributed by atoms with van der Waals surface area (Å²) in [7, 11) is 0. The number of carbonyl (C=O) groups is 1. The molecule has 0 spiro atoms. The van der Waals surface area contributed by atoms with Crippen LogP contribution >= 0.6 is 0 Å². The van der Waals surface area contributed by atoms with Crippen LogP contribution in [0.5, 0.6) is 0 Å². The molecule has 1 aliphatic heterocycles. The Morgan fingerprint density at radius 3 is 3.18 bits per heavy atom. The minimum Gasteiger partial charge on any atom is -0.462 e. The molecule has 3 heterocycles. The summed E-state index contributed by atoms with van der Waals surface area (Å²) < 4.78 is 5.17. The zero-order valence-electron chi connectivity index (χ0n) is 13.0. The van der Waals surface area contributed by atoms with Gasteiger partial charge in [-0.3, -0.25) is 0 Å². The van der Waals surface area contributed by atoms with Gasteiger partial charge < -0.3 is 20.4 Å². The number of H-pyrrole nitrogens is 1. The topological polar surface area (TPSA) is 79.0 Å². The lowest BCUT2D eigenvalue weighted by Crippen LogP contribution is -2.44. The van der Waals surface area contributed by atoms with Gasteiger partial charge in [0.2, 0.25) is 0 Å². The Labute approximate surface area is 129 Å². The smallest absolute Gasteiger partial charge is 0.341 e. The van der Waals surface area contributed by atoms with E-state index in [-0.39, 0.29) is 12.0 Å². The second-order valence-electron chi connectivity index (χ2n) is 5.73. The van der Waals surface area contributed by atoms with Crippen molar-refractivity contribution in [1.29, 1.82) is 0 Å². The van der Waals surface area contributed by atoms with Gasteiger partial charge in [-0.05, 0) is 31.9 Å². The number of hydrogen-bond acceptors (Lipinski definition) is 5. The second kappa shape index (κ2) is 6.36. The molecule has 22 heavy (non-hydrogen) atoms. The van der Waals surface area contributed by atoms with Gasteiger partial charge in [0, 0.05) is 30.4 Å². The molecule has 6 heteroatoms. The predicted octanol–water partition coefficient (Wildman–Crippen LogP) is 2.15. The Morgan fingerprint density at radius 1 is 1.55 bits per heavy atom. The van der Waals surface area contributed by atoms with Crippen LogP contribution in [0, 0.1) is 5.92 Å². The van der Waals surface area contributed by atoms with E-state index in [0.29, 0.717) is 18.1 Å². The minimum absolute atomic E-state index is 0.280. The molecule has 3 N–H and O–H groups in total. The van der Waals surface area contributed by atoms with Crippen molar-refractivity contribution in [2.24, 2.45) is 5.92 Å². The highest BCUT2D eigenvalue weighted by atomic mass is 16.5. The summed E-state index contributed by atoms with van der Waals surface area (Å²) in [5, 5.41) is 7.86. The van der Waals surface area contributed by atoms with E-state index in [4.69, 9.17) is 4.74 Å². The van der Waals surface area contributed by atoms with Gasteiger partial charge in [-0.15, -0.1) is 0 Å². The van der Waals surface area contributed by atoms with Crippen molar-refractivity contribution in [2.45, 2.75) is 26.3 Å². The summed E-state index contributed by atoms with van der Waals surface area (Å²) in [6, 6.07) is 2.22. The van der Waals surface area contributed by atoms with Crippen molar-refractivity contribution >= 4 is 22.7 Å². The Kier molecular flexibility index (Phi) is 4.29. The number of nitrogens with zero attached hydrogens (tertiary/aromatic N) is 1. The molecule has 0 saturated carbocycles. The number of anilines is 1. The fraction of sp³-hybridized carbons (Fsp3) is 0.500. The van der Waals surface area contributed by atoms with Crippen LogP contribution in [0.25, 0.3) is 11.0 Å². The number of hydrogen-bond donors (Lipinski definition) is 3. The molecular weight excluding hydrogens is 280 g/mol. The highest BCUT2D eigenvalue weighted by molar-refractivity contribution is 6.04. The first-order valence-corrected chi connectivity index (χ1v) is 7.81. The Hall–Kier alpha value is -2.08. The number of rotatable bonds is 4. The van der Waals surface area contributed by atoms with Gasteiger partial charge in [0.1, 0.15) is 11.2 Å². The summed E-state index contributed by atoms with van der Waals surface area (Å²) in [6.45, 7) is 6.32. The summed E-state index contributed by atoms with van der Waals surface area (Å²) in [6.07, 6.45) is 4.54. The van der Waals surface area contributed by atoms with E-state index >= 15 is 0 Å². The third kappa shape index (κ3) is 2.78. The molecule has 0 unspecified atom stereocenters. The molecule has 1 fully saturated rings. The summed E-state index contributed by atoms with van der Waals surface area (Å²) >= 11 is 0. The quantitative estimate of drug-likeness (QED) is 0.754. The number of piperidine rings is 1. The summed E-state index contributed by atoms with van der Waals surface area (Å²) in [4.78, 5) is 19.6. The highest BCUT2D eigenvalue weighted by Gasteiger charge is 2.24. The van der Waals surface area contributed by atoms with Crippen LogP contribution in [0.4, 0.5) is 5.69 Å². The number of nitrogens with one attached hydrogen (secondary N) is 3.